The van der Waals surface area contributed by atoms with Crippen LogP contribution in [0.5, 0.6) is 0 Å². The molecule has 0 unspecified atom stereocenters. The molecule has 1 fully saturated rings. The van der Waals surface area contributed by atoms with Crippen LogP contribution in [-0.2, 0) is 10.3 Å². The van der Waals surface area contributed by atoms with Crippen molar-refractivity contribution in [2.45, 2.75) is 25.4 Å². The van der Waals surface area contributed by atoms with Crippen LogP contribution in [0.1, 0.15) is 24.1 Å². The van der Waals surface area contributed by atoms with Gasteiger partial charge in [-0.05, 0) is 37.5 Å². The van der Waals surface area contributed by atoms with Gasteiger partial charge in [0.05, 0.1) is 5.69 Å². The molecule has 0 amide bonds. The van der Waals surface area contributed by atoms with E-state index in [0.717, 1.165) is 18.5 Å². The molecule has 64 valence electrons. The van der Waals surface area contributed by atoms with Gasteiger partial charge in [-0.3, -0.25) is 4.98 Å². The summed E-state index contributed by atoms with van der Waals surface area (Å²) in [6, 6.07) is 4.12. The molecule has 2 nitrogen and oxygen atoms in total. The fraction of sp³-hybridized carbons (Fsp3) is 0.500. The van der Waals surface area contributed by atoms with Crippen molar-refractivity contribution in [3.8, 4) is 0 Å². The molecule has 12 heavy (non-hydrogen) atoms. The van der Waals surface area contributed by atoms with Crippen molar-refractivity contribution in [1.82, 2.24) is 4.98 Å². The first-order valence-electron chi connectivity index (χ1n) is 4.25. The Labute approximate surface area is 72.6 Å². The van der Waals surface area contributed by atoms with Crippen molar-refractivity contribution in [1.29, 1.82) is 0 Å². The Balaban J connectivity index is 2.34. The minimum Gasteiger partial charge on any atom is -0.372 e. The zero-order valence-electron chi connectivity index (χ0n) is 7.50. The number of ether oxygens (including phenoxy) is 1. The summed E-state index contributed by atoms with van der Waals surface area (Å²) >= 11 is 0. The van der Waals surface area contributed by atoms with Crippen LogP contribution in [0.15, 0.2) is 18.3 Å². The van der Waals surface area contributed by atoms with E-state index in [2.05, 4.69) is 18.0 Å². The van der Waals surface area contributed by atoms with Crippen LogP contribution in [0, 0.1) is 6.92 Å². The van der Waals surface area contributed by atoms with Gasteiger partial charge in [0.25, 0.3) is 0 Å². The summed E-state index contributed by atoms with van der Waals surface area (Å²) in [5, 5.41) is 0. The Hall–Kier alpha value is -0.890. The van der Waals surface area contributed by atoms with Gasteiger partial charge in [0.2, 0.25) is 0 Å². The SMILES string of the molecule is COC1(c2cc(C)ccn2)CC1. The smallest absolute Gasteiger partial charge is 0.110 e. The van der Waals surface area contributed by atoms with Crippen LogP contribution in [-0.4, -0.2) is 12.1 Å². The monoisotopic (exact) mass is 163 g/mol. The number of hydrogen-bond donors (Lipinski definition) is 0. The summed E-state index contributed by atoms with van der Waals surface area (Å²) < 4.78 is 5.43. The lowest BCUT2D eigenvalue weighted by Gasteiger charge is -2.12. The molecule has 1 aliphatic rings. The third-order valence-corrected chi connectivity index (χ3v) is 2.48. The number of hydrogen-bond acceptors (Lipinski definition) is 2. The maximum Gasteiger partial charge on any atom is 0.110 e. The number of nitrogens with zero attached hydrogens (tertiary/aromatic N) is 1. The quantitative estimate of drug-likeness (QED) is 0.665. The topological polar surface area (TPSA) is 22.1 Å². The molecule has 0 bridgehead atoms. The van der Waals surface area contributed by atoms with E-state index in [-0.39, 0.29) is 5.60 Å². The van der Waals surface area contributed by atoms with Crippen molar-refractivity contribution < 1.29 is 4.74 Å². The van der Waals surface area contributed by atoms with Gasteiger partial charge in [0, 0.05) is 13.3 Å². The lowest BCUT2D eigenvalue weighted by atomic mass is 10.1. The molecule has 0 aliphatic heterocycles. The summed E-state index contributed by atoms with van der Waals surface area (Å²) in [6.07, 6.45) is 4.07. The highest BCUT2D eigenvalue weighted by molar-refractivity contribution is 5.24. The summed E-state index contributed by atoms with van der Waals surface area (Å²) in [5.74, 6) is 0. The van der Waals surface area contributed by atoms with E-state index in [9.17, 15) is 0 Å². The van der Waals surface area contributed by atoms with Crippen molar-refractivity contribution in [3.63, 3.8) is 0 Å². The van der Waals surface area contributed by atoms with Crippen LogP contribution in [0.2, 0.25) is 0 Å². The Morgan fingerprint density at radius 1 is 1.50 bits per heavy atom. The molecule has 1 heterocycles. The van der Waals surface area contributed by atoms with Gasteiger partial charge in [-0.25, -0.2) is 0 Å². The van der Waals surface area contributed by atoms with Gasteiger partial charge in [0.15, 0.2) is 0 Å². The molecule has 0 atom stereocenters. The highest BCUT2D eigenvalue weighted by Gasteiger charge is 2.46. The zero-order chi connectivity index (χ0) is 8.60. The fourth-order valence-corrected chi connectivity index (χ4v) is 1.46. The van der Waals surface area contributed by atoms with Gasteiger partial charge in [0.1, 0.15) is 5.60 Å². The van der Waals surface area contributed by atoms with Gasteiger partial charge >= 0.3 is 0 Å². The maximum atomic E-state index is 5.43. The van der Waals surface area contributed by atoms with Crippen molar-refractivity contribution in [2.24, 2.45) is 0 Å². The number of pyridine rings is 1. The third-order valence-electron chi connectivity index (χ3n) is 2.48. The molecule has 0 aromatic carbocycles. The maximum absolute atomic E-state index is 5.43. The highest BCUT2D eigenvalue weighted by Crippen LogP contribution is 2.47. The average molecular weight is 163 g/mol. The number of aryl methyl sites for hydroxylation is 1. The molecule has 0 N–H and O–H groups in total. The fourth-order valence-electron chi connectivity index (χ4n) is 1.46. The van der Waals surface area contributed by atoms with E-state index in [1.54, 1.807) is 7.11 Å². The predicted molar refractivity (Wildman–Crippen MR) is 46.9 cm³/mol. The molecule has 0 saturated heterocycles. The Bertz CT molecular complexity index is 292. The van der Waals surface area contributed by atoms with E-state index in [1.165, 1.54) is 5.56 Å². The second-order valence-electron chi connectivity index (χ2n) is 3.42. The first kappa shape index (κ1) is 7.74. The summed E-state index contributed by atoms with van der Waals surface area (Å²) in [5.41, 5.74) is 2.31. The van der Waals surface area contributed by atoms with E-state index in [0.29, 0.717) is 0 Å². The summed E-state index contributed by atoms with van der Waals surface area (Å²) in [4.78, 5) is 4.32. The number of rotatable bonds is 2. The highest BCUT2D eigenvalue weighted by atomic mass is 16.5. The molecule has 2 rings (SSSR count). The Morgan fingerprint density at radius 3 is 2.75 bits per heavy atom. The lowest BCUT2D eigenvalue weighted by Crippen LogP contribution is -2.10. The average Bonchev–Trinajstić information content (AvgIpc) is 2.84. The molecular formula is C10H13NO. The first-order valence-corrected chi connectivity index (χ1v) is 4.25. The molecule has 0 radical (unpaired) electrons. The molecule has 2 heteroatoms. The van der Waals surface area contributed by atoms with E-state index in [1.807, 2.05) is 12.3 Å². The Kier molecular flexibility index (Phi) is 1.65. The minimum atomic E-state index is -0.0357. The van der Waals surface area contributed by atoms with Crippen LogP contribution < -0.4 is 0 Å². The normalized spacial score (nSPS) is 19.2. The molecule has 1 aromatic rings. The molecule has 1 aliphatic carbocycles. The predicted octanol–water partition coefficient (Wildman–Crippen LogP) is 2.03. The van der Waals surface area contributed by atoms with Crippen LogP contribution in [0.4, 0.5) is 0 Å². The molecular weight excluding hydrogens is 150 g/mol. The number of aromatic nitrogens is 1. The summed E-state index contributed by atoms with van der Waals surface area (Å²) in [7, 11) is 1.76. The minimum absolute atomic E-state index is 0.0357. The van der Waals surface area contributed by atoms with Crippen LogP contribution in [0.25, 0.3) is 0 Å². The summed E-state index contributed by atoms with van der Waals surface area (Å²) in [6.45, 7) is 2.08. The molecule has 0 spiro atoms. The second kappa shape index (κ2) is 2.56. The van der Waals surface area contributed by atoms with Gasteiger partial charge < -0.3 is 4.74 Å². The first-order chi connectivity index (χ1) is 5.77. The zero-order valence-corrected chi connectivity index (χ0v) is 7.50. The van der Waals surface area contributed by atoms with E-state index >= 15 is 0 Å². The lowest BCUT2D eigenvalue weighted by molar-refractivity contribution is 0.0751. The van der Waals surface area contributed by atoms with Crippen molar-refractivity contribution in [2.75, 3.05) is 7.11 Å². The third kappa shape index (κ3) is 1.12. The second-order valence-corrected chi connectivity index (χ2v) is 3.42. The standard InChI is InChI=1S/C10H13NO/c1-8-3-6-11-9(7-8)10(12-2)4-5-10/h3,6-7H,4-5H2,1-2H3. The van der Waals surface area contributed by atoms with Gasteiger partial charge in [-0.2, -0.15) is 0 Å². The number of methoxy groups -OCH3 is 1. The van der Waals surface area contributed by atoms with Crippen LogP contribution >= 0.6 is 0 Å². The van der Waals surface area contributed by atoms with Crippen LogP contribution in [0.3, 0.4) is 0 Å². The van der Waals surface area contributed by atoms with E-state index in [4.69, 9.17) is 4.74 Å². The largest absolute Gasteiger partial charge is 0.372 e. The Morgan fingerprint density at radius 2 is 2.25 bits per heavy atom. The van der Waals surface area contributed by atoms with Gasteiger partial charge in [-0.15, -0.1) is 0 Å². The van der Waals surface area contributed by atoms with Gasteiger partial charge in [-0.1, -0.05) is 0 Å². The van der Waals surface area contributed by atoms with Crippen molar-refractivity contribution >= 4 is 0 Å². The molecule has 1 aromatic heterocycles. The van der Waals surface area contributed by atoms with Crippen molar-refractivity contribution in [3.05, 3.63) is 29.6 Å². The van der Waals surface area contributed by atoms with E-state index < -0.39 is 0 Å². The molecule has 1 saturated carbocycles.